The smallest absolute Gasteiger partial charge is 0.321 e. The number of benzene rings is 3. The van der Waals surface area contributed by atoms with Gasteiger partial charge in [-0.1, -0.05) is 18.2 Å². The quantitative estimate of drug-likeness (QED) is 0.438. The van der Waals surface area contributed by atoms with Crippen molar-refractivity contribution in [2.45, 2.75) is 19.9 Å². The molecular weight excluding hydrogens is 452 g/mol. The van der Waals surface area contributed by atoms with Crippen LogP contribution in [-0.2, 0) is 20.0 Å². The van der Waals surface area contributed by atoms with Gasteiger partial charge in [-0.15, -0.1) is 0 Å². The second kappa shape index (κ2) is 8.83. The van der Waals surface area contributed by atoms with Crippen LogP contribution in [0.4, 0.5) is 25.0 Å². The number of nitrogens with zero attached hydrogens (tertiary/aromatic N) is 3. The lowest BCUT2D eigenvalue weighted by Crippen LogP contribution is -2.39. The Labute approximate surface area is 200 Å². The molecule has 1 aromatic heterocycles. The topological polar surface area (TPSA) is 79.3 Å². The Morgan fingerprint density at radius 1 is 0.971 bits per heavy atom. The van der Waals surface area contributed by atoms with Crippen molar-refractivity contribution in [2.24, 2.45) is 7.05 Å². The molecule has 0 bridgehead atoms. The number of carbonyl (C=O) groups excluding carboxylic acids is 2. The second-order valence-corrected chi connectivity index (χ2v) is 8.56. The van der Waals surface area contributed by atoms with Crippen molar-refractivity contribution < 1.29 is 18.4 Å². The number of fused-ring (bicyclic) bond motifs is 2. The highest BCUT2D eigenvalue weighted by Gasteiger charge is 2.26. The summed E-state index contributed by atoms with van der Waals surface area (Å²) >= 11 is 0. The number of amides is 3. The Morgan fingerprint density at radius 2 is 1.71 bits per heavy atom. The van der Waals surface area contributed by atoms with Gasteiger partial charge in [0.2, 0.25) is 0 Å². The maximum Gasteiger partial charge on any atom is 0.322 e. The van der Waals surface area contributed by atoms with Crippen LogP contribution in [0.3, 0.4) is 0 Å². The Morgan fingerprint density at radius 3 is 2.49 bits per heavy atom. The monoisotopic (exact) mass is 475 g/mol. The van der Waals surface area contributed by atoms with E-state index in [1.807, 2.05) is 31.2 Å². The van der Waals surface area contributed by atoms with Crippen molar-refractivity contribution in [3.8, 4) is 0 Å². The number of nitrogens with one attached hydrogen (secondary N) is 2. The van der Waals surface area contributed by atoms with E-state index >= 15 is 0 Å². The van der Waals surface area contributed by atoms with Gasteiger partial charge in [0.15, 0.2) is 5.69 Å². The summed E-state index contributed by atoms with van der Waals surface area (Å²) in [5.41, 5.74) is 3.57. The van der Waals surface area contributed by atoms with Gasteiger partial charge >= 0.3 is 6.03 Å². The number of halogens is 2. The van der Waals surface area contributed by atoms with Crippen LogP contribution < -0.4 is 10.6 Å². The molecule has 0 aliphatic carbocycles. The average molecular weight is 475 g/mol. The predicted octanol–water partition coefficient (Wildman–Crippen LogP) is 5.00. The minimum Gasteiger partial charge on any atom is -0.321 e. The minimum absolute atomic E-state index is 0.00399. The summed E-state index contributed by atoms with van der Waals surface area (Å²) in [4.78, 5) is 27.1. The van der Waals surface area contributed by atoms with E-state index in [-0.39, 0.29) is 31.0 Å². The SMILES string of the molecule is Cc1cc(NC(=O)c2nn(C)c3ccccc23)ccc1NC(=O)N1CCc2c(F)ccc(F)c2C1. The predicted molar refractivity (Wildman–Crippen MR) is 129 cm³/mol. The van der Waals surface area contributed by atoms with Crippen LogP contribution in [0.2, 0.25) is 0 Å². The highest BCUT2D eigenvalue weighted by molar-refractivity contribution is 6.11. The third-order valence-electron chi connectivity index (χ3n) is 6.28. The van der Waals surface area contributed by atoms with Crippen molar-refractivity contribution in [3.05, 3.63) is 88.6 Å². The van der Waals surface area contributed by atoms with E-state index in [2.05, 4.69) is 15.7 Å². The van der Waals surface area contributed by atoms with Gasteiger partial charge in [0.05, 0.1) is 12.1 Å². The number of aromatic nitrogens is 2. The summed E-state index contributed by atoms with van der Waals surface area (Å²) in [5, 5.41) is 10.8. The number of hydrogen-bond donors (Lipinski definition) is 2. The average Bonchev–Trinajstić information content (AvgIpc) is 3.20. The first-order valence-electron chi connectivity index (χ1n) is 11.2. The highest BCUT2D eigenvalue weighted by atomic mass is 19.1. The molecule has 0 radical (unpaired) electrons. The van der Waals surface area contributed by atoms with Gasteiger partial charge in [-0.25, -0.2) is 13.6 Å². The van der Waals surface area contributed by atoms with Crippen LogP contribution in [0.5, 0.6) is 0 Å². The van der Waals surface area contributed by atoms with Crippen LogP contribution in [0.1, 0.15) is 27.2 Å². The molecule has 0 atom stereocenters. The molecule has 2 N–H and O–H groups in total. The lowest BCUT2D eigenvalue weighted by Gasteiger charge is -2.29. The van der Waals surface area contributed by atoms with Crippen molar-refractivity contribution >= 4 is 34.2 Å². The van der Waals surface area contributed by atoms with Gasteiger partial charge in [0.25, 0.3) is 5.91 Å². The van der Waals surface area contributed by atoms with Gasteiger partial charge in [-0.05, 0) is 60.9 Å². The van der Waals surface area contributed by atoms with Crippen molar-refractivity contribution in [2.75, 3.05) is 17.2 Å². The fourth-order valence-corrected chi connectivity index (χ4v) is 4.41. The fourth-order valence-electron chi connectivity index (χ4n) is 4.41. The Balaban J connectivity index is 1.28. The van der Waals surface area contributed by atoms with E-state index in [0.717, 1.165) is 28.6 Å². The highest BCUT2D eigenvalue weighted by Crippen LogP contribution is 2.26. The Bertz CT molecular complexity index is 1480. The first-order valence-corrected chi connectivity index (χ1v) is 11.2. The summed E-state index contributed by atoms with van der Waals surface area (Å²) < 4.78 is 29.8. The molecule has 0 spiro atoms. The lowest BCUT2D eigenvalue weighted by atomic mass is 9.99. The maximum atomic E-state index is 14.2. The number of rotatable bonds is 3. The number of para-hydroxylation sites is 1. The van der Waals surface area contributed by atoms with E-state index in [0.29, 0.717) is 22.6 Å². The lowest BCUT2D eigenvalue weighted by molar-refractivity contribution is 0.102. The molecule has 5 rings (SSSR count). The summed E-state index contributed by atoms with van der Waals surface area (Å²) in [7, 11) is 1.78. The molecule has 0 fully saturated rings. The van der Waals surface area contributed by atoms with Crippen molar-refractivity contribution in [1.29, 1.82) is 0 Å². The Hall–Kier alpha value is -4.27. The molecule has 178 valence electrons. The standard InChI is InChI=1S/C26H23F2N5O2/c1-15-13-16(29-25(34)24-18-5-3-4-6-23(18)32(2)31-24)7-10-22(15)30-26(35)33-12-11-17-19(14-33)21(28)9-8-20(17)27/h3-10,13H,11-12,14H2,1-2H3,(H,29,34)(H,30,35). The maximum absolute atomic E-state index is 14.2. The number of anilines is 2. The fraction of sp³-hybridized carbons (Fsp3) is 0.192. The molecule has 0 saturated heterocycles. The van der Waals surface area contributed by atoms with Gasteiger partial charge < -0.3 is 15.5 Å². The van der Waals surface area contributed by atoms with Gasteiger partial charge in [0, 0.05) is 35.9 Å². The largest absolute Gasteiger partial charge is 0.322 e. The summed E-state index contributed by atoms with van der Waals surface area (Å²) in [6, 6.07) is 14.4. The van der Waals surface area contributed by atoms with Crippen LogP contribution in [0, 0.1) is 18.6 Å². The molecule has 4 aromatic rings. The first-order chi connectivity index (χ1) is 16.8. The van der Waals surface area contributed by atoms with Crippen LogP contribution >= 0.6 is 0 Å². The van der Waals surface area contributed by atoms with Crippen LogP contribution in [0.25, 0.3) is 10.9 Å². The third kappa shape index (κ3) is 4.21. The van der Waals surface area contributed by atoms with Gasteiger partial charge in [0.1, 0.15) is 11.6 Å². The van der Waals surface area contributed by atoms with Gasteiger partial charge in [-0.2, -0.15) is 5.10 Å². The van der Waals surface area contributed by atoms with Crippen molar-refractivity contribution in [3.63, 3.8) is 0 Å². The molecule has 1 aliphatic heterocycles. The second-order valence-electron chi connectivity index (χ2n) is 8.56. The number of urea groups is 1. The van der Waals surface area contributed by atoms with Gasteiger partial charge in [-0.3, -0.25) is 9.48 Å². The summed E-state index contributed by atoms with van der Waals surface area (Å²) in [6.45, 7) is 2.09. The number of carbonyl (C=O) groups is 2. The third-order valence-corrected chi connectivity index (χ3v) is 6.28. The molecule has 7 nitrogen and oxygen atoms in total. The van der Waals surface area contributed by atoms with E-state index in [4.69, 9.17) is 0 Å². The zero-order valence-corrected chi connectivity index (χ0v) is 19.2. The molecule has 0 saturated carbocycles. The summed E-state index contributed by atoms with van der Waals surface area (Å²) in [6.07, 6.45) is 0.249. The number of hydrogen-bond acceptors (Lipinski definition) is 3. The molecule has 9 heteroatoms. The number of aryl methyl sites for hydroxylation is 2. The summed E-state index contributed by atoms with van der Waals surface area (Å²) in [5.74, 6) is -1.30. The van der Waals surface area contributed by atoms with Crippen molar-refractivity contribution in [1.82, 2.24) is 14.7 Å². The van der Waals surface area contributed by atoms with E-state index in [1.54, 1.807) is 29.9 Å². The first kappa shape index (κ1) is 22.5. The van der Waals surface area contributed by atoms with E-state index < -0.39 is 17.7 Å². The normalized spacial score (nSPS) is 13.0. The van der Waals surface area contributed by atoms with E-state index in [1.165, 1.54) is 4.90 Å². The van der Waals surface area contributed by atoms with Crippen LogP contribution in [-0.4, -0.2) is 33.2 Å². The Kier molecular flexibility index (Phi) is 5.68. The molecule has 2 heterocycles. The molecular formula is C26H23F2N5O2. The molecule has 3 amide bonds. The van der Waals surface area contributed by atoms with Crippen LogP contribution in [0.15, 0.2) is 54.6 Å². The molecule has 35 heavy (non-hydrogen) atoms. The minimum atomic E-state index is -0.518. The van der Waals surface area contributed by atoms with E-state index in [9.17, 15) is 18.4 Å². The molecule has 0 unspecified atom stereocenters. The molecule has 3 aromatic carbocycles. The molecule has 1 aliphatic rings. The zero-order chi connectivity index (χ0) is 24.7. The zero-order valence-electron chi connectivity index (χ0n) is 19.2.